The van der Waals surface area contributed by atoms with E-state index in [1.165, 1.54) is 12.8 Å². The number of carboxylic acid groups (broad SMARTS) is 1. The third-order valence-corrected chi connectivity index (χ3v) is 4.07. The molecular formula is C15H20ClNO2. The largest absolute Gasteiger partial charge is 0.481 e. The lowest BCUT2D eigenvalue weighted by Gasteiger charge is -2.26. The van der Waals surface area contributed by atoms with Gasteiger partial charge in [-0.05, 0) is 30.5 Å². The number of carboxylic acids is 1. The van der Waals surface area contributed by atoms with Crippen LogP contribution in [0.3, 0.4) is 0 Å². The number of rotatable bonds is 4. The Bertz CT molecular complexity index is 479. The van der Waals surface area contributed by atoms with Gasteiger partial charge in [0.1, 0.15) is 0 Å². The Labute approximate surface area is 119 Å². The van der Waals surface area contributed by atoms with Gasteiger partial charge in [0.25, 0.3) is 0 Å². The number of hydrogen-bond acceptors (Lipinski definition) is 2. The van der Waals surface area contributed by atoms with E-state index in [1.807, 2.05) is 32.0 Å². The van der Waals surface area contributed by atoms with E-state index in [0.29, 0.717) is 0 Å². The second-order valence-electron chi connectivity index (χ2n) is 5.81. The van der Waals surface area contributed by atoms with Crippen molar-refractivity contribution < 1.29 is 9.90 Å². The summed E-state index contributed by atoms with van der Waals surface area (Å²) in [5.41, 5.74) is 1.64. The molecule has 1 aromatic carbocycles. The Morgan fingerprint density at radius 3 is 2.53 bits per heavy atom. The van der Waals surface area contributed by atoms with E-state index in [9.17, 15) is 4.79 Å². The predicted octanol–water partition coefficient (Wildman–Crippen LogP) is 3.69. The number of benzene rings is 1. The molecule has 1 aliphatic rings. The quantitative estimate of drug-likeness (QED) is 0.915. The summed E-state index contributed by atoms with van der Waals surface area (Å²) in [6, 6.07) is 5.94. The van der Waals surface area contributed by atoms with Crippen LogP contribution in [0.25, 0.3) is 0 Å². The van der Waals surface area contributed by atoms with Crippen molar-refractivity contribution in [3.8, 4) is 0 Å². The second-order valence-corrected chi connectivity index (χ2v) is 6.22. The molecule has 2 rings (SSSR count). The van der Waals surface area contributed by atoms with Gasteiger partial charge >= 0.3 is 5.97 Å². The average Bonchev–Trinajstić information content (AvgIpc) is 2.80. The van der Waals surface area contributed by atoms with Gasteiger partial charge in [-0.15, -0.1) is 0 Å². The lowest BCUT2D eigenvalue weighted by atomic mass is 9.81. The van der Waals surface area contributed by atoms with Crippen molar-refractivity contribution >= 4 is 23.3 Å². The maximum absolute atomic E-state index is 10.9. The van der Waals surface area contributed by atoms with Crippen LogP contribution in [-0.4, -0.2) is 24.2 Å². The molecule has 0 amide bonds. The first-order valence-corrected chi connectivity index (χ1v) is 7.05. The van der Waals surface area contributed by atoms with Crippen LogP contribution < -0.4 is 4.90 Å². The van der Waals surface area contributed by atoms with Gasteiger partial charge in [-0.25, -0.2) is 0 Å². The Morgan fingerprint density at radius 1 is 1.37 bits per heavy atom. The van der Waals surface area contributed by atoms with Crippen LogP contribution in [0.15, 0.2) is 18.2 Å². The maximum Gasteiger partial charge on any atom is 0.304 e. The monoisotopic (exact) mass is 281 g/mol. The summed E-state index contributed by atoms with van der Waals surface area (Å²) >= 11 is 6.36. The Kier molecular flexibility index (Phi) is 4.04. The van der Waals surface area contributed by atoms with E-state index in [0.717, 1.165) is 29.4 Å². The van der Waals surface area contributed by atoms with Crippen LogP contribution in [0, 0.1) is 0 Å². The molecule has 19 heavy (non-hydrogen) atoms. The highest BCUT2D eigenvalue weighted by atomic mass is 35.5. The topological polar surface area (TPSA) is 40.5 Å². The molecule has 1 saturated heterocycles. The number of hydrogen-bond donors (Lipinski definition) is 1. The molecule has 0 bridgehead atoms. The summed E-state index contributed by atoms with van der Waals surface area (Å²) in [6.45, 7) is 5.97. The smallest absolute Gasteiger partial charge is 0.304 e. The first kappa shape index (κ1) is 14.2. The molecule has 1 fully saturated rings. The molecule has 3 nitrogen and oxygen atoms in total. The van der Waals surface area contributed by atoms with E-state index in [-0.39, 0.29) is 6.42 Å². The predicted molar refractivity (Wildman–Crippen MR) is 78.2 cm³/mol. The molecule has 104 valence electrons. The van der Waals surface area contributed by atoms with Crippen molar-refractivity contribution in [2.45, 2.75) is 38.5 Å². The fourth-order valence-electron chi connectivity index (χ4n) is 2.62. The summed E-state index contributed by atoms with van der Waals surface area (Å²) in [4.78, 5) is 13.2. The summed E-state index contributed by atoms with van der Waals surface area (Å²) in [5, 5.41) is 9.69. The molecule has 0 saturated carbocycles. The lowest BCUT2D eigenvalue weighted by molar-refractivity contribution is -0.138. The molecule has 1 N–H and O–H groups in total. The molecule has 0 atom stereocenters. The fraction of sp³-hybridized carbons (Fsp3) is 0.533. The van der Waals surface area contributed by atoms with Crippen LogP contribution in [0.1, 0.15) is 38.7 Å². The molecule has 0 radical (unpaired) electrons. The van der Waals surface area contributed by atoms with E-state index in [1.54, 1.807) is 0 Å². The van der Waals surface area contributed by atoms with Gasteiger partial charge < -0.3 is 10.0 Å². The van der Waals surface area contributed by atoms with Crippen molar-refractivity contribution in [1.29, 1.82) is 0 Å². The normalized spacial score (nSPS) is 15.8. The Balaban J connectivity index is 2.25. The van der Waals surface area contributed by atoms with Gasteiger partial charge in [-0.2, -0.15) is 0 Å². The Hall–Kier alpha value is -1.22. The average molecular weight is 282 g/mol. The van der Waals surface area contributed by atoms with Crippen LogP contribution in [-0.2, 0) is 10.2 Å². The van der Waals surface area contributed by atoms with Crippen molar-refractivity contribution in [1.82, 2.24) is 0 Å². The third kappa shape index (κ3) is 3.21. The summed E-state index contributed by atoms with van der Waals surface area (Å²) < 4.78 is 0. The number of halogens is 1. The maximum atomic E-state index is 10.9. The van der Waals surface area contributed by atoms with Gasteiger partial charge in [-0.3, -0.25) is 4.79 Å². The summed E-state index contributed by atoms with van der Waals surface area (Å²) in [7, 11) is 0. The minimum atomic E-state index is -0.787. The zero-order valence-electron chi connectivity index (χ0n) is 11.4. The van der Waals surface area contributed by atoms with E-state index in [4.69, 9.17) is 16.7 Å². The lowest BCUT2D eigenvalue weighted by Crippen LogP contribution is -2.22. The highest BCUT2D eigenvalue weighted by molar-refractivity contribution is 6.33. The minimum Gasteiger partial charge on any atom is -0.481 e. The van der Waals surface area contributed by atoms with Crippen molar-refractivity contribution in [2.75, 3.05) is 18.0 Å². The third-order valence-electron chi connectivity index (χ3n) is 3.77. The molecule has 0 aliphatic carbocycles. The van der Waals surface area contributed by atoms with E-state index < -0.39 is 11.4 Å². The first-order chi connectivity index (χ1) is 8.90. The van der Waals surface area contributed by atoms with Crippen LogP contribution in [0.5, 0.6) is 0 Å². The highest BCUT2D eigenvalue weighted by Gasteiger charge is 2.25. The minimum absolute atomic E-state index is 0.104. The van der Waals surface area contributed by atoms with Crippen molar-refractivity contribution in [2.24, 2.45) is 0 Å². The zero-order valence-corrected chi connectivity index (χ0v) is 12.2. The van der Waals surface area contributed by atoms with Gasteiger partial charge in [0.15, 0.2) is 0 Å². The van der Waals surface area contributed by atoms with Gasteiger partial charge in [0, 0.05) is 18.5 Å². The van der Waals surface area contributed by atoms with Crippen molar-refractivity contribution in [3.63, 3.8) is 0 Å². The zero-order chi connectivity index (χ0) is 14.0. The molecule has 1 aromatic rings. The number of aliphatic carboxylic acids is 1. The molecule has 1 aliphatic heterocycles. The highest BCUT2D eigenvalue weighted by Crippen LogP contribution is 2.35. The molecule has 1 heterocycles. The van der Waals surface area contributed by atoms with E-state index >= 15 is 0 Å². The number of nitrogens with zero attached hydrogens (tertiary/aromatic N) is 1. The summed E-state index contributed by atoms with van der Waals surface area (Å²) in [5.74, 6) is -0.787. The van der Waals surface area contributed by atoms with Gasteiger partial charge in [0.2, 0.25) is 0 Å². The van der Waals surface area contributed by atoms with Crippen LogP contribution in [0.4, 0.5) is 5.69 Å². The standard InChI is InChI=1S/C15H20ClNO2/c1-15(2,10-14(18)19)11-5-6-13(12(16)9-11)17-7-3-4-8-17/h5-6,9H,3-4,7-8,10H2,1-2H3,(H,18,19). The SMILES string of the molecule is CC(C)(CC(=O)O)c1ccc(N2CCCC2)c(Cl)c1. The van der Waals surface area contributed by atoms with Crippen molar-refractivity contribution in [3.05, 3.63) is 28.8 Å². The molecule has 0 unspecified atom stereocenters. The number of anilines is 1. The summed E-state index contributed by atoms with van der Waals surface area (Å²) in [6.07, 6.45) is 2.53. The fourth-order valence-corrected chi connectivity index (χ4v) is 2.92. The van der Waals surface area contributed by atoms with Crippen LogP contribution in [0.2, 0.25) is 5.02 Å². The molecule has 0 aromatic heterocycles. The first-order valence-electron chi connectivity index (χ1n) is 6.67. The Morgan fingerprint density at radius 2 is 2.00 bits per heavy atom. The molecule has 4 heteroatoms. The molecular weight excluding hydrogens is 262 g/mol. The molecule has 0 spiro atoms. The van der Waals surface area contributed by atoms with E-state index in [2.05, 4.69) is 4.90 Å². The van der Waals surface area contributed by atoms with Gasteiger partial charge in [0.05, 0.1) is 17.1 Å². The van der Waals surface area contributed by atoms with Gasteiger partial charge in [-0.1, -0.05) is 31.5 Å². The number of carbonyl (C=O) groups is 1. The van der Waals surface area contributed by atoms with Crippen LogP contribution >= 0.6 is 11.6 Å². The second kappa shape index (κ2) is 5.41.